The minimum atomic E-state index is 0.458. The Morgan fingerprint density at radius 3 is 2.40 bits per heavy atom. The first-order valence-corrected chi connectivity index (χ1v) is 8.64. The molecule has 118 valence electrons. The summed E-state index contributed by atoms with van der Waals surface area (Å²) >= 11 is 0. The van der Waals surface area contributed by atoms with E-state index in [1.165, 1.54) is 38.6 Å². The lowest BCUT2D eigenvalue weighted by molar-refractivity contribution is 0.0363. The molecule has 0 saturated heterocycles. The Morgan fingerprint density at radius 2 is 1.85 bits per heavy atom. The van der Waals surface area contributed by atoms with Crippen LogP contribution in [0.4, 0.5) is 0 Å². The Morgan fingerprint density at radius 1 is 1.15 bits per heavy atom. The molecule has 2 aliphatic rings. The zero-order chi connectivity index (χ0) is 14.8. The summed E-state index contributed by atoms with van der Waals surface area (Å²) in [5.41, 5.74) is 0.458. The van der Waals surface area contributed by atoms with Gasteiger partial charge in [0.1, 0.15) is 0 Å². The van der Waals surface area contributed by atoms with Crippen molar-refractivity contribution in [3.8, 4) is 0 Å². The predicted octanol–water partition coefficient (Wildman–Crippen LogP) is 4.10. The molecule has 2 heteroatoms. The highest BCUT2D eigenvalue weighted by Gasteiger charge is 2.38. The second-order valence-corrected chi connectivity index (χ2v) is 8.42. The highest BCUT2D eigenvalue weighted by Crippen LogP contribution is 2.45. The third kappa shape index (κ3) is 4.46. The van der Waals surface area contributed by atoms with Gasteiger partial charge in [-0.2, -0.15) is 0 Å². The summed E-state index contributed by atoms with van der Waals surface area (Å²) in [5.74, 6) is 3.26. The molecule has 1 N–H and O–H groups in total. The van der Waals surface area contributed by atoms with E-state index in [2.05, 4.69) is 33.0 Å². The van der Waals surface area contributed by atoms with Crippen LogP contribution < -0.4 is 5.32 Å². The molecule has 0 spiro atoms. The van der Waals surface area contributed by atoms with Crippen molar-refractivity contribution in [3.05, 3.63) is 0 Å². The van der Waals surface area contributed by atoms with E-state index in [9.17, 15) is 0 Å². The first kappa shape index (κ1) is 16.3. The second kappa shape index (κ2) is 6.79. The van der Waals surface area contributed by atoms with Crippen LogP contribution in [0.1, 0.15) is 59.8 Å². The molecule has 20 heavy (non-hydrogen) atoms. The third-order valence-electron chi connectivity index (χ3n) is 5.68. The largest absolute Gasteiger partial charge is 0.384 e. The molecule has 4 atom stereocenters. The van der Waals surface area contributed by atoms with E-state index in [4.69, 9.17) is 4.74 Å². The van der Waals surface area contributed by atoms with Crippen LogP contribution in [0.25, 0.3) is 0 Å². The Bertz CT molecular complexity index is 292. The zero-order valence-corrected chi connectivity index (χ0v) is 14.2. The fraction of sp³-hybridized carbons (Fsp3) is 1.00. The Hall–Kier alpha value is -0.0800. The number of hydrogen-bond donors (Lipinski definition) is 1. The summed E-state index contributed by atoms with van der Waals surface area (Å²) < 4.78 is 5.44. The fourth-order valence-corrected chi connectivity index (χ4v) is 4.00. The van der Waals surface area contributed by atoms with Crippen molar-refractivity contribution in [3.63, 3.8) is 0 Å². The van der Waals surface area contributed by atoms with Crippen LogP contribution in [0.5, 0.6) is 0 Å². The lowest BCUT2D eigenvalue weighted by Gasteiger charge is -2.44. The topological polar surface area (TPSA) is 21.3 Å². The molecule has 2 fully saturated rings. The molecule has 0 aliphatic heterocycles. The quantitative estimate of drug-likeness (QED) is 0.791. The number of methoxy groups -OCH3 is 1. The normalized spacial score (nSPS) is 33.1. The molecule has 2 saturated carbocycles. The molecule has 0 radical (unpaired) electrons. The lowest BCUT2D eigenvalue weighted by atomic mass is 9.63. The molecule has 0 bridgehead atoms. The van der Waals surface area contributed by atoms with Crippen molar-refractivity contribution in [2.45, 2.75) is 65.8 Å². The molecule has 0 amide bonds. The monoisotopic (exact) mass is 281 g/mol. The van der Waals surface area contributed by atoms with Crippen LogP contribution >= 0.6 is 0 Å². The summed E-state index contributed by atoms with van der Waals surface area (Å²) in [4.78, 5) is 0. The van der Waals surface area contributed by atoms with E-state index in [1.807, 2.05) is 7.11 Å². The number of nitrogens with one attached hydrogen (secondary N) is 1. The van der Waals surface area contributed by atoms with Crippen molar-refractivity contribution >= 4 is 0 Å². The predicted molar refractivity (Wildman–Crippen MR) is 85.8 cm³/mol. The SMILES string of the molecule is COCC(C)C1CC(C(C)(C)C)CCC1CNC1CC1. The minimum Gasteiger partial charge on any atom is -0.384 e. The van der Waals surface area contributed by atoms with E-state index in [1.54, 1.807) is 0 Å². The Kier molecular flexibility index (Phi) is 5.53. The van der Waals surface area contributed by atoms with Crippen molar-refractivity contribution in [2.75, 3.05) is 20.3 Å². The van der Waals surface area contributed by atoms with Gasteiger partial charge < -0.3 is 10.1 Å². The van der Waals surface area contributed by atoms with Gasteiger partial charge in [-0.25, -0.2) is 0 Å². The van der Waals surface area contributed by atoms with Crippen LogP contribution in [0.2, 0.25) is 0 Å². The van der Waals surface area contributed by atoms with E-state index < -0.39 is 0 Å². The molecular weight excluding hydrogens is 246 g/mol. The Balaban J connectivity index is 1.95. The van der Waals surface area contributed by atoms with Crippen molar-refractivity contribution in [1.82, 2.24) is 5.32 Å². The summed E-state index contributed by atoms with van der Waals surface area (Å²) in [6.07, 6.45) is 7.01. The zero-order valence-electron chi connectivity index (χ0n) is 14.2. The van der Waals surface area contributed by atoms with E-state index in [0.29, 0.717) is 11.3 Å². The van der Waals surface area contributed by atoms with Crippen LogP contribution in [0.3, 0.4) is 0 Å². The molecule has 0 aromatic carbocycles. The average Bonchev–Trinajstić information content (AvgIpc) is 3.19. The molecule has 0 aromatic rings. The van der Waals surface area contributed by atoms with Crippen molar-refractivity contribution in [2.24, 2.45) is 29.1 Å². The molecule has 2 aliphatic carbocycles. The van der Waals surface area contributed by atoms with Gasteiger partial charge in [-0.05, 0) is 67.7 Å². The van der Waals surface area contributed by atoms with Gasteiger partial charge in [0.2, 0.25) is 0 Å². The van der Waals surface area contributed by atoms with Crippen LogP contribution in [-0.4, -0.2) is 26.3 Å². The molecule has 0 heterocycles. The van der Waals surface area contributed by atoms with Gasteiger partial charge in [-0.3, -0.25) is 0 Å². The van der Waals surface area contributed by atoms with Gasteiger partial charge in [0.05, 0.1) is 0 Å². The minimum absolute atomic E-state index is 0.458. The van der Waals surface area contributed by atoms with E-state index >= 15 is 0 Å². The molecule has 0 aromatic heterocycles. The molecular formula is C18H35NO. The number of hydrogen-bond acceptors (Lipinski definition) is 2. The van der Waals surface area contributed by atoms with Crippen LogP contribution in [0.15, 0.2) is 0 Å². The Labute approximate surface area is 126 Å². The highest BCUT2D eigenvalue weighted by molar-refractivity contribution is 4.90. The van der Waals surface area contributed by atoms with Gasteiger partial charge in [0, 0.05) is 19.8 Å². The third-order valence-corrected chi connectivity index (χ3v) is 5.68. The van der Waals surface area contributed by atoms with Gasteiger partial charge in [0.15, 0.2) is 0 Å². The smallest absolute Gasteiger partial charge is 0.0490 e. The van der Waals surface area contributed by atoms with Crippen molar-refractivity contribution < 1.29 is 4.74 Å². The molecule has 2 nitrogen and oxygen atoms in total. The fourth-order valence-electron chi connectivity index (χ4n) is 4.00. The van der Waals surface area contributed by atoms with E-state index in [0.717, 1.165) is 30.4 Å². The van der Waals surface area contributed by atoms with Crippen molar-refractivity contribution in [1.29, 1.82) is 0 Å². The number of ether oxygens (including phenoxy) is 1. The van der Waals surface area contributed by atoms with Crippen LogP contribution in [0, 0.1) is 29.1 Å². The first-order valence-electron chi connectivity index (χ1n) is 8.64. The molecule has 4 unspecified atom stereocenters. The number of rotatable bonds is 6. The van der Waals surface area contributed by atoms with Gasteiger partial charge >= 0.3 is 0 Å². The van der Waals surface area contributed by atoms with Gasteiger partial charge in [-0.1, -0.05) is 27.7 Å². The molecule has 2 rings (SSSR count). The maximum Gasteiger partial charge on any atom is 0.0490 e. The summed E-state index contributed by atoms with van der Waals surface area (Å²) in [6.45, 7) is 11.8. The summed E-state index contributed by atoms with van der Waals surface area (Å²) in [5, 5.41) is 3.77. The summed E-state index contributed by atoms with van der Waals surface area (Å²) in [6, 6.07) is 0.841. The summed E-state index contributed by atoms with van der Waals surface area (Å²) in [7, 11) is 1.85. The van der Waals surface area contributed by atoms with Gasteiger partial charge in [0.25, 0.3) is 0 Å². The lowest BCUT2D eigenvalue weighted by Crippen LogP contribution is -2.40. The maximum absolute atomic E-state index is 5.44. The van der Waals surface area contributed by atoms with Gasteiger partial charge in [-0.15, -0.1) is 0 Å². The second-order valence-electron chi connectivity index (χ2n) is 8.42. The maximum atomic E-state index is 5.44. The van der Waals surface area contributed by atoms with E-state index in [-0.39, 0.29) is 0 Å². The first-order chi connectivity index (χ1) is 9.41. The average molecular weight is 281 g/mol. The highest BCUT2D eigenvalue weighted by atomic mass is 16.5. The standard InChI is InChI=1S/C18H35NO/c1-13(12-20-5)17-10-15(18(2,3)4)7-6-14(17)11-19-16-8-9-16/h13-17,19H,6-12H2,1-5H3. The van der Waals surface area contributed by atoms with Crippen LogP contribution in [-0.2, 0) is 4.74 Å².